The van der Waals surface area contributed by atoms with Crippen molar-refractivity contribution in [3.63, 3.8) is 0 Å². The summed E-state index contributed by atoms with van der Waals surface area (Å²) < 4.78 is 4.78. The molecule has 0 fully saturated rings. The van der Waals surface area contributed by atoms with Gasteiger partial charge in [-0.2, -0.15) is 0 Å². The van der Waals surface area contributed by atoms with Crippen LogP contribution in [-0.4, -0.2) is 14.5 Å². The van der Waals surface area contributed by atoms with E-state index in [4.69, 9.17) is 4.43 Å². The average Bonchev–Trinajstić information content (AvgIpc) is 1.85. The number of rotatable bonds is 4. The van der Waals surface area contributed by atoms with Crippen molar-refractivity contribution in [1.29, 1.82) is 0 Å². The summed E-state index contributed by atoms with van der Waals surface area (Å²) in [5, 5.41) is 0. The van der Waals surface area contributed by atoms with Gasteiger partial charge >= 0.3 is 14.5 Å². The van der Waals surface area contributed by atoms with E-state index in [-0.39, 0.29) is 0 Å². The summed E-state index contributed by atoms with van der Waals surface area (Å²) >= 11 is 0. The topological polar surface area (TPSA) is 46.2 Å². The highest BCUT2D eigenvalue weighted by Gasteiger charge is 2.32. The fourth-order valence-corrected chi connectivity index (χ4v) is 2.37. The van der Waals surface area contributed by atoms with Gasteiger partial charge in [0.2, 0.25) is 0 Å². The Kier molecular flexibility index (Phi) is 4.20. The van der Waals surface area contributed by atoms with Gasteiger partial charge in [-0.05, 0) is 13.5 Å². The summed E-state index contributed by atoms with van der Waals surface area (Å²) in [7, 11) is -2.99. The highest BCUT2D eigenvalue weighted by molar-refractivity contribution is 6.66. The Balaban J connectivity index is 4.05. The molecule has 0 aromatic heterocycles. The molecule has 0 bridgehead atoms. The molecule has 4 heteroatoms. The van der Waals surface area contributed by atoms with Crippen LogP contribution < -0.4 is 0 Å². The normalized spacial score (nSPS) is 15.0. The summed E-state index contributed by atoms with van der Waals surface area (Å²) in [6.45, 7) is 8.35. The predicted octanol–water partition coefficient (Wildman–Crippen LogP) is 2.02. The largest absolute Gasteiger partial charge is 0.489 e. The second kappa shape index (κ2) is 4.42. The molecular formula is C8H15O3Si. The van der Waals surface area contributed by atoms with Crippen molar-refractivity contribution in [1.82, 2.24) is 0 Å². The van der Waals surface area contributed by atoms with E-state index in [2.05, 4.69) is 6.58 Å². The van der Waals surface area contributed by atoms with Gasteiger partial charge in [-0.3, -0.25) is 0 Å². The van der Waals surface area contributed by atoms with E-state index >= 15 is 0 Å². The lowest BCUT2D eigenvalue weighted by Crippen LogP contribution is -2.35. The lowest BCUT2D eigenvalue weighted by Gasteiger charge is -2.16. The minimum Gasteiger partial charge on any atom is -0.489 e. The van der Waals surface area contributed by atoms with Crippen LogP contribution >= 0.6 is 0 Å². The fourth-order valence-electron chi connectivity index (χ4n) is 0.788. The average molecular weight is 187 g/mol. The van der Waals surface area contributed by atoms with E-state index in [1.807, 2.05) is 6.92 Å². The van der Waals surface area contributed by atoms with Crippen LogP contribution in [0.3, 0.4) is 0 Å². The number of hydrogen-bond acceptors (Lipinski definition) is 2. The van der Waals surface area contributed by atoms with Crippen molar-refractivity contribution in [3.05, 3.63) is 12.2 Å². The van der Waals surface area contributed by atoms with Crippen LogP contribution in [0.2, 0.25) is 12.6 Å². The highest BCUT2D eigenvalue weighted by atomic mass is 28.4. The molecule has 1 radical (unpaired) electrons. The summed E-state index contributed by atoms with van der Waals surface area (Å²) in [4.78, 5) is 22.4. The summed E-state index contributed by atoms with van der Waals surface area (Å²) in [5.41, 5.74) is 0.292. The zero-order valence-corrected chi connectivity index (χ0v) is 8.85. The molecule has 0 aliphatic rings. The van der Waals surface area contributed by atoms with E-state index < -0.39 is 14.5 Å². The van der Waals surface area contributed by atoms with Crippen molar-refractivity contribution in [3.8, 4) is 0 Å². The number of carbonyl (C=O) groups is 1. The van der Waals surface area contributed by atoms with Crippen LogP contribution in [0, 0.1) is 0 Å². The molecule has 0 spiro atoms. The quantitative estimate of drug-likeness (QED) is 0.499. The van der Waals surface area contributed by atoms with Gasteiger partial charge in [-0.1, -0.05) is 19.9 Å². The molecule has 0 aromatic rings. The Bertz CT molecular complexity index is 187. The van der Waals surface area contributed by atoms with E-state index in [9.17, 15) is 9.59 Å². The molecule has 3 nitrogen and oxygen atoms in total. The maximum Gasteiger partial charge on any atom is 0.429 e. The third-order valence-electron chi connectivity index (χ3n) is 1.36. The first-order valence-electron chi connectivity index (χ1n) is 3.98. The van der Waals surface area contributed by atoms with Gasteiger partial charge in [-0.25, -0.2) is 9.59 Å². The zero-order chi connectivity index (χ0) is 9.78. The lowest BCUT2D eigenvalue weighted by molar-refractivity contribution is -0.132. The Morgan fingerprint density at radius 1 is 1.58 bits per heavy atom. The Morgan fingerprint density at radius 3 is 2.42 bits per heavy atom. The van der Waals surface area contributed by atoms with Crippen molar-refractivity contribution in [2.24, 2.45) is 0 Å². The molecule has 0 aliphatic heterocycles. The third-order valence-corrected chi connectivity index (χ3v) is 3.39. The Labute approximate surface area is 74.3 Å². The smallest absolute Gasteiger partial charge is 0.429 e. The summed E-state index contributed by atoms with van der Waals surface area (Å²) in [5.74, 6) is -0.549. The molecule has 0 amide bonds. The SMILES string of the molecule is C=C(C)C(=O)O[Si](C)([O])CCC. The van der Waals surface area contributed by atoms with Crippen molar-refractivity contribution in [2.45, 2.75) is 32.9 Å². The van der Waals surface area contributed by atoms with Gasteiger partial charge in [0.1, 0.15) is 0 Å². The second-order valence-electron chi connectivity index (χ2n) is 3.05. The molecule has 0 aromatic carbocycles. The van der Waals surface area contributed by atoms with Crippen LogP contribution in [0.15, 0.2) is 12.2 Å². The van der Waals surface area contributed by atoms with E-state index in [1.54, 1.807) is 6.92 Å². The summed E-state index contributed by atoms with van der Waals surface area (Å²) in [6, 6.07) is 0.464. The summed E-state index contributed by atoms with van der Waals surface area (Å²) in [6.07, 6.45) is 0.760. The maximum absolute atomic E-state index is 11.5. The van der Waals surface area contributed by atoms with Gasteiger partial charge in [0.05, 0.1) is 0 Å². The molecule has 69 valence electrons. The molecule has 1 atom stereocenters. The molecule has 1 unspecified atom stereocenters. The second-order valence-corrected chi connectivity index (χ2v) is 6.03. The molecule has 0 aliphatic carbocycles. The molecular weight excluding hydrogens is 172 g/mol. The Hall–Kier alpha value is -0.613. The van der Waals surface area contributed by atoms with Gasteiger partial charge in [-0.15, -0.1) is 0 Å². The zero-order valence-electron chi connectivity index (χ0n) is 7.85. The standard InChI is InChI=1S/C8H15O3Si/c1-5-6-12(4,10)11-8(9)7(2)3/h2,5-6H2,1,3-4H3. The first-order valence-corrected chi connectivity index (χ1v) is 6.50. The van der Waals surface area contributed by atoms with Gasteiger partial charge in [0, 0.05) is 11.6 Å². The first kappa shape index (κ1) is 11.4. The molecule has 0 saturated carbocycles. The fraction of sp³-hybridized carbons (Fsp3) is 0.625. The molecule has 0 N–H and O–H groups in total. The number of hydrogen-bond donors (Lipinski definition) is 0. The van der Waals surface area contributed by atoms with Gasteiger partial charge in [0.15, 0.2) is 0 Å². The van der Waals surface area contributed by atoms with Crippen molar-refractivity contribution in [2.75, 3.05) is 0 Å². The van der Waals surface area contributed by atoms with Gasteiger partial charge < -0.3 is 4.43 Å². The van der Waals surface area contributed by atoms with Crippen LogP contribution in [0.25, 0.3) is 0 Å². The van der Waals surface area contributed by atoms with E-state index in [0.29, 0.717) is 11.6 Å². The minimum absolute atomic E-state index is 0.292. The van der Waals surface area contributed by atoms with Crippen molar-refractivity contribution >= 4 is 14.5 Å². The molecule has 12 heavy (non-hydrogen) atoms. The first-order chi connectivity index (χ1) is 5.39. The third kappa shape index (κ3) is 4.30. The van der Waals surface area contributed by atoms with Gasteiger partial charge in [0.25, 0.3) is 0 Å². The van der Waals surface area contributed by atoms with Crippen LogP contribution in [0.5, 0.6) is 0 Å². The van der Waals surface area contributed by atoms with E-state index in [1.165, 1.54) is 6.55 Å². The predicted molar refractivity (Wildman–Crippen MR) is 48.3 cm³/mol. The van der Waals surface area contributed by atoms with E-state index in [0.717, 1.165) is 6.42 Å². The van der Waals surface area contributed by atoms with Crippen LogP contribution in [0.4, 0.5) is 0 Å². The molecule has 0 rings (SSSR count). The highest BCUT2D eigenvalue weighted by Crippen LogP contribution is 2.12. The van der Waals surface area contributed by atoms with Crippen molar-refractivity contribution < 1.29 is 14.0 Å². The monoisotopic (exact) mass is 187 g/mol. The lowest BCUT2D eigenvalue weighted by atomic mass is 10.4. The van der Waals surface area contributed by atoms with Crippen LogP contribution in [-0.2, 0) is 14.0 Å². The molecule has 0 heterocycles. The maximum atomic E-state index is 11.5. The van der Waals surface area contributed by atoms with Crippen LogP contribution in [0.1, 0.15) is 20.3 Å². The Morgan fingerprint density at radius 2 is 2.08 bits per heavy atom. The minimum atomic E-state index is -2.99. The molecule has 0 saturated heterocycles. The number of carbonyl (C=O) groups excluding carboxylic acids is 1.